The van der Waals surface area contributed by atoms with Gasteiger partial charge in [0.15, 0.2) is 5.58 Å². The van der Waals surface area contributed by atoms with Gasteiger partial charge in [0.1, 0.15) is 11.2 Å². The summed E-state index contributed by atoms with van der Waals surface area (Å²) < 4.78 is 15.2. The number of nitrogens with zero attached hydrogens (tertiary/aromatic N) is 4. The summed E-state index contributed by atoms with van der Waals surface area (Å²) in [4.78, 5) is 9.68. The average molecular weight is 969 g/mol. The minimum atomic E-state index is -1.23. The molecule has 0 saturated heterocycles. The van der Waals surface area contributed by atoms with Crippen molar-refractivity contribution in [1.29, 1.82) is 5.26 Å². The van der Waals surface area contributed by atoms with Crippen LogP contribution in [-0.4, -0.2) is 22.6 Å². The van der Waals surface area contributed by atoms with Crippen molar-refractivity contribution in [3.8, 4) is 45.5 Å². The van der Waals surface area contributed by atoms with Gasteiger partial charge in [0, 0.05) is 42.5 Å². The molecule has 0 fully saturated rings. The van der Waals surface area contributed by atoms with Crippen molar-refractivity contribution in [2.75, 3.05) is 0 Å². The first kappa shape index (κ1) is 38.6. The molecule has 4 heterocycles. The van der Waals surface area contributed by atoms with Crippen LogP contribution in [0.2, 0.25) is 19.6 Å². The van der Waals surface area contributed by atoms with Gasteiger partial charge < -0.3 is 18.4 Å². The van der Waals surface area contributed by atoms with Gasteiger partial charge in [-0.25, -0.2) is 0 Å². The second kappa shape index (κ2) is 15.7. The maximum Gasteiger partial charge on any atom is 0.158 e. The Morgan fingerprint density at radius 1 is 0.667 bits per heavy atom. The molecule has 4 aromatic heterocycles. The molecular weight excluding hydrogens is 933 g/mol. The van der Waals surface area contributed by atoms with Gasteiger partial charge in [0.25, 0.3) is 0 Å². The van der Waals surface area contributed by atoms with Gasteiger partial charge in [0.05, 0.1) is 47.8 Å². The minimum absolute atomic E-state index is 0. The predicted molar refractivity (Wildman–Crippen MR) is 242 cm³/mol. The molecule has 0 atom stereocenters. The fourth-order valence-corrected chi connectivity index (χ4v) is 8.82. The van der Waals surface area contributed by atoms with Crippen molar-refractivity contribution in [2.24, 2.45) is 0 Å². The van der Waals surface area contributed by atoms with Crippen molar-refractivity contribution in [3.63, 3.8) is 0 Å². The Labute approximate surface area is 361 Å². The minimum Gasteiger partial charge on any atom is -0.501 e. The molecule has 0 unspecified atom stereocenters. The molecule has 1 radical (unpaired) electrons. The van der Waals surface area contributed by atoms with Crippen LogP contribution in [0, 0.1) is 23.5 Å². The van der Waals surface area contributed by atoms with Gasteiger partial charge in [-0.15, -0.1) is 48.0 Å². The molecule has 0 amide bonds. The van der Waals surface area contributed by atoms with E-state index in [1.54, 1.807) is 0 Å². The Bertz CT molecular complexity index is 3370. The normalized spacial score (nSPS) is 11.4. The van der Waals surface area contributed by atoms with Crippen molar-refractivity contribution >= 4 is 68.2 Å². The topological polar surface area (TPSA) is 80.8 Å². The number of benzene rings is 7. The number of fused-ring (bicyclic) bond motifs is 7. The van der Waals surface area contributed by atoms with Crippen LogP contribution < -0.4 is 5.19 Å². The largest absolute Gasteiger partial charge is 0.501 e. The Hall–Kier alpha value is -6.88. The summed E-state index contributed by atoms with van der Waals surface area (Å²) in [5.74, 6) is 0.713. The van der Waals surface area contributed by atoms with E-state index in [0.29, 0.717) is 17.0 Å². The Morgan fingerprint density at radius 3 is 2.10 bits per heavy atom. The summed E-state index contributed by atoms with van der Waals surface area (Å²) in [5.41, 5.74) is 11.2. The maximum absolute atomic E-state index is 9.34. The molecule has 11 rings (SSSR count). The third-order valence-electron chi connectivity index (χ3n) is 10.8. The monoisotopic (exact) mass is 969 g/mol. The fraction of sp³-hybridized carbons (Fsp3) is 0.0577. The van der Waals surface area contributed by atoms with Crippen LogP contribution in [0.5, 0.6) is 0 Å². The average Bonchev–Trinajstić information content (AvgIpc) is 3.98. The number of imidazole rings is 1. The number of furan rings is 2. The molecule has 0 spiro atoms. The Kier molecular flexibility index (Phi) is 10.1. The van der Waals surface area contributed by atoms with Crippen LogP contribution >= 0.6 is 0 Å². The quantitative estimate of drug-likeness (QED) is 0.127. The number of rotatable bonds is 5. The zero-order chi connectivity index (χ0) is 40.1. The Morgan fingerprint density at radius 2 is 1.37 bits per heavy atom. The van der Waals surface area contributed by atoms with Crippen molar-refractivity contribution in [3.05, 3.63) is 182 Å². The number of aromatic nitrogens is 3. The number of hydrogen-bond acceptors (Lipinski definition) is 5. The third-order valence-corrected chi connectivity index (χ3v) is 12.8. The van der Waals surface area contributed by atoms with Crippen LogP contribution in [0.1, 0.15) is 5.56 Å². The SMILES string of the molecule is C[Si](C)(C)c1ccc(-c2[c-]cccc2)nc1.N#Cc1ccc(-c2c[c-]c(-c3nc4ccccc4n3-c3cccc4c3oc3ccccc34)c3oc4ccccc4c23)cc1.[Ir]. The molecule has 0 aliphatic rings. The number of para-hydroxylation sites is 5. The fourth-order valence-electron chi connectivity index (χ4n) is 7.78. The molecule has 7 aromatic carbocycles. The molecule has 0 aliphatic heterocycles. The molecule has 291 valence electrons. The zero-order valence-corrected chi connectivity index (χ0v) is 36.4. The molecule has 0 N–H and O–H groups in total. The first-order valence-corrected chi connectivity index (χ1v) is 23.0. The van der Waals surface area contributed by atoms with E-state index >= 15 is 0 Å². The van der Waals surface area contributed by atoms with Gasteiger partial charge >= 0.3 is 0 Å². The zero-order valence-electron chi connectivity index (χ0n) is 33.0. The standard InChI is InChI=1S/C38H20N3O2.C14H16NSi.Ir/c39-22-23-16-18-24(19-17-23)25-20-21-29(37-35(25)28-9-2-6-15-34(28)43-37)38-40-30-11-3-4-12-31(30)41(38)32-13-7-10-27-26-8-1-5-14-33(26)42-36(27)32;1-16(2,3)13-9-10-14(15-11-13)12-7-5-4-6-8-12;/h1-20H;4-7,9-11H,1-3H3;/q2*-1;. The first-order valence-electron chi connectivity index (χ1n) is 19.5. The molecule has 0 saturated carbocycles. The van der Waals surface area contributed by atoms with Crippen LogP contribution in [0.4, 0.5) is 0 Å². The maximum atomic E-state index is 9.34. The van der Waals surface area contributed by atoms with E-state index < -0.39 is 8.07 Å². The summed E-state index contributed by atoms with van der Waals surface area (Å²) in [6, 6.07) is 61.4. The van der Waals surface area contributed by atoms with Gasteiger partial charge in [-0.2, -0.15) is 5.26 Å². The van der Waals surface area contributed by atoms with E-state index in [1.165, 1.54) is 5.19 Å². The first-order chi connectivity index (χ1) is 28.9. The third kappa shape index (κ3) is 6.83. The molecule has 0 bridgehead atoms. The van der Waals surface area contributed by atoms with Crippen molar-refractivity contribution in [2.45, 2.75) is 19.6 Å². The summed E-state index contributed by atoms with van der Waals surface area (Å²) in [5, 5.41) is 14.8. The van der Waals surface area contributed by atoms with E-state index in [2.05, 4.69) is 95.9 Å². The van der Waals surface area contributed by atoms with E-state index in [4.69, 9.17) is 13.8 Å². The second-order valence-corrected chi connectivity index (χ2v) is 20.6. The Balaban J connectivity index is 0.000000230. The smallest absolute Gasteiger partial charge is 0.158 e. The predicted octanol–water partition coefficient (Wildman–Crippen LogP) is 12.9. The summed E-state index contributed by atoms with van der Waals surface area (Å²) in [7, 11) is -1.23. The summed E-state index contributed by atoms with van der Waals surface area (Å²) in [6.07, 6.45) is 2.02. The van der Waals surface area contributed by atoms with Crippen LogP contribution in [0.3, 0.4) is 0 Å². The van der Waals surface area contributed by atoms with Crippen LogP contribution in [-0.2, 0) is 20.1 Å². The van der Waals surface area contributed by atoms with Gasteiger partial charge in [0.2, 0.25) is 0 Å². The van der Waals surface area contributed by atoms with Crippen LogP contribution in [0.15, 0.2) is 173 Å². The van der Waals surface area contributed by atoms with E-state index in [0.717, 1.165) is 83.0 Å². The molecule has 11 aromatic rings. The summed E-state index contributed by atoms with van der Waals surface area (Å²) >= 11 is 0. The van der Waals surface area contributed by atoms with E-state index in [-0.39, 0.29) is 20.1 Å². The van der Waals surface area contributed by atoms with Crippen LogP contribution in [0.25, 0.3) is 94.4 Å². The van der Waals surface area contributed by atoms with Gasteiger partial charge in [-0.05, 0) is 58.7 Å². The van der Waals surface area contributed by atoms with Crippen molar-refractivity contribution in [1.82, 2.24) is 14.5 Å². The number of pyridine rings is 1. The van der Waals surface area contributed by atoms with Gasteiger partial charge in [-0.1, -0.05) is 121 Å². The van der Waals surface area contributed by atoms with Crippen molar-refractivity contribution < 1.29 is 28.9 Å². The molecule has 60 heavy (non-hydrogen) atoms. The summed E-state index contributed by atoms with van der Waals surface area (Å²) in [6.45, 7) is 7.00. The number of nitriles is 1. The van der Waals surface area contributed by atoms with E-state index in [9.17, 15) is 5.26 Å². The molecule has 0 aliphatic carbocycles. The molecule has 6 nitrogen and oxygen atoms in total. The molecular formula is C52H36IrN4O2Si-2. The van der Waals surface area contributed by atoms with E-state index in [1.807, 2.05) is 115 Å². The number of hydrogen-bond donors (Lipinski definition) is 0. The second-order valence-electron chi connectivity index (χ2n) is 15.5. The molecule has 8 heteroatoms. The van der Waals surface area contributed by atoms with Gasteiger partial charge in [-0.3, -0.25) is 4.98 Å².